The quantitative estimate of drug-likeness (QED) is 0.638. The summed E-state index contributed by atoms with van der Waals surface area (Å²) in [5, 5.41) is 4.29. The van der Waals surface area contributed by atoms with Gasteiger partial charge in [0.2, 0.25) is 19.9 Å². The van der Waals surface area contributed by atoms with Gasteiger partial charge in [-0.3, -0.25) is 4.79 Å². The van der Waals surface area contributed by atoms with Gasteiger partial charge in [0, 0.05) is 5.92 Å². The first kappa shape index (κ1) is 18.5. The fourth-order valence-electron chi connectivity index (χ4n) is 2.53. The molecule has 130 valence electrons. The van der Waals surface area contributed by atoms with E-state index in [2.05, 4.69) is 0 Å². The number of thioether (sulfide) groups is 1. The molecule has 2 heterocycles. The number of nitrogens with two attached hydrogens (primary N) is 1. The van der Waals surface area contributed by atoms with Crippen LogP contribution in [0.15, 0.2) is 20.1 Å². The first-order valence-electron chi connectivity index (χ1n) is 6.63. The molecule has 8 nitrogen and oxygen atoms in total. The number of primary sulfonamides is 1. The van der Waals surface area contributed by atoms with E-state index in [0.717, 1.165) is 17.8 Å². The number of sulfonamides is 1. The number of methoxy groups -OCH3 is 1. The number of rotatable bonds is 5. The van der Waals surface area contributed by atoms with Crippen LogP contribution in [0, 0.1) is 5.92 Å². The fourth-order valence-corrected chi connectivity index (χ4v) is 7.74. The summed E-state index contributed by atoms with van der Waals surface area (Å²) in [5.74, 6) is -0.979. The highest BCUT2D eigenvalue weighted by Gasteiger charge is 2.50. The molecular weight excluding hydrogens is 364 g/mol. The highest BCUT2D eigenvalue weighted by atomic mass is 32.3. The second kappa shape index (κ2) is 6.20. The highest BCUT2D eigenvalue weighted by molar-refractivity contribution is 8.26. The van der Waals surface area contributed by atoms with E-state index >= 15 is 0 Å². The number of hydrogen-bond acceptors (Lipinski definition) is 8. The molecule has 0 fully saturated rings. The Balaban J connectivity index is 2.47. The Morgan fingerprint density at radius 2 is 2.04 bits per heavy atom. The van der Waals surface area contributed by atoms with Crippen molar-refractivity contribution in [3.8, 4) is 0 Å². The van der Waals surface area contributed by atoms with Crippen molar-refractivity contribution in [3.63, 3.8) is 0 Å². The van der Waals surface area contributed by atoms with Gasteiger partial charge in [-0.05, 0) is 38.7 Å². The van der Waals surface area contributed by atoms with Gasteiger partial charge in [-0.2, -0.15) is 0 Å². The molecule has 0 saturated heterocycles. The van der Waals surface area contributed by atoms with Gasteiger partial charge >= 0.3 is 5.97 Å². The summed E-state index contributed by atoms with van der Waals surface area (Å²) < 4.78 is 51.6. The molecule has 0 amide bonds. The topological polar surface area (TPSA) is 124 Å². The lowest BCUT2D eigenvalue weighted by molar-refractivity contribution is -0.140. The van der Waals surface area contributed by atoms with Crippen LogP contribution < -0.4 is 5.14 Å². The van der Waals surface area contributed by atoms with Crippen LogP contribution in [0.1, 0.15) is 6.42 Å². The van der Waals surface area contributed by atoms with Crippen molar-refractivity contribution in [2.75, 3.05) is 27.7 Å². The van der Waals surface area contributed by atoms with Gasteiger partial charge in [0.15, 0.2) is 4.24 Å². The minimum absolute atomic E-state index is 0.110. The van der Waals surface area contributed by atoms with Gasteiger partial charge < -0.3 is 9.64 Å². The molecule has 0 aromatic heterocycles. The van der Waals surface area contributed by atoms with Crippen molar-refractivity contribution >= 4 is 37.6 Å². The number of nitrogens with zero attached hydrogens (tertiary/aromatic N) is 1. The van der Waals surface area contributed by atoms with E-state index in [1.807, 2.05) is 19.0 Å². The molecule has 0 spiro atoms. The van der Waals surface area contributed by atoms with Crippen LogP contribution in [0.5, 0.6) is 0 Å². The van der Waals surface area contributed by atoms with E-state index in [-0.39, 0.29) is 4.24 Å². The van der Waals surface area contributed by atoms with Crippen LogP contribution >= 0.6 is 11.8 Å². The highest BCUT2D eigenvalue weighted by Crippen LogP contribution is 2.53. The number of sulfone groups is 1. The lowest BCUT2D eigenvalue weighted by atomic mass is 9.93. The maximum absolute atomic E-state index is 12.4. The molecule has 0 aliphatic carbocycles. The zero-order valence-corrected chi connectivity index (χ0v) is 15.3. The number of ether oxygens (including phenoxy) is 1. The van der Waals surface area contributed by atoms with Crippen LogP contribution in [0.3, 0.4) is 0 Å². The van der Waals surface area contributed by atoms with Crippen molar-refractivity contribution in [2.45, 2.75) is 11.7 Å². The van der Waals surface area contributed by atoms with Gasteiger partial charge in [0.25, 0.3) is 0 Å². The smallest absolute Gasteiger partial charge is 0.319 e. The van der Waals surface area contributed by atoms with Crippen LogP contribution in [0.4, 0.5) is 0 Å². The maximum atomic E-state index is 12.4. The minimum Gasteiger partial charge on any atom is -0.468 e. The van der Waals surface area contributed by atoms with E-state index in [1.165, 1.54) is 7.11 Å². The number of carbonyl (C=O) groups excluding carboxylic acids is 1. The first-order valence-corrected chi connectivity index (χ1v) is 10.5. The molecule has 23 heavy (non-hydrogen) atoms. The van der Waals surface area contributed by atoms with Crippen molar-refractivity contribution in [2.24, 2.45) is 11.1 Å². The Bertz CT molecular complexity index is 795. The van der Waals surface area contributed by atoms with E-state index < -0.39 is 41.2 Å². The van der Waals surface area contributed by atoms with Gasteiger partial charge in [0.1, 0.15) is 9.49 Å². The lowest BCUT2D eigenvalue weighted by Gasteiger charge is -2.21. The minimum atomic E-state index is -4.36. The summed E-state index contributed by atoms with van der Waals surface area (Å²) in [6.07, 6.45) is 1.57. The van der Waals surface area contributed by atoms with Gasteiger partial charge in [-0.25, -0.2) is 22.0 Å². The summed E-state index contributed by atoms with van der Waals surface area (Å²) >= 11 is 0.827. The average molecular weight is 382 g/mol. The van der Waals surface area contributed by atoms with Crippen molar-refractivity contribution in [1.29, 1.82) is 0 Å². The third-order valence-electron chi connectivity index (χ3n) is 3.62. The molecule has 0 bridgehead atoms. The second-order valence-corrected chi connectivity index (χ2v) is 10.6. The van der Waals surface area contributed by atoms with Crippen LogP contribution in [0.2, 0.25) is 0 Å². The molecule has 2 aliphatic heterocycles. The van der Waals surface area contributed by atoms with Crippen LogP contribution in [-0.2, 0) is 29.4 Å². The number of allylic oxidation sites excluding steroid dienone is 2. The Morgan fingerprint density at radius 3 is 2.52 bits per heavy atom. The monoisotopic (exact) mass is 382 g/mol. The average Bonchev–Trinajstić information content (AvgIpc) is 2.90. The molecular formula is C12H18N2O6S3. The molecule has 2 unspecified atom stereocenters. The number of carbonyl (C=O) groups is 1. The van der Waals surface area contributed by atoms with Gasteiger partial charge in [-0.1, -0.05) is 11.8 Å². The van der Waals surface area contributed by atoms with Gasteiger partial charge in [0.05, 0.1) is 7.11 Å². The molecule has 0 saturated carbocycles. The van der Waals surface area contributed by atoms with Crippen LogP contribution in [-0.4, -0.2) is 60.7 Å². The Hall–Kier alpha value is -0.880. The first-order chi connectivity index (χ1) is 10.5. The number of esters is 1. The summed E-state index contributed by atoms with van der Waals surface area (Å²) in [4.78, 5) is 13.8. The molecule has 2 N–H and O–H groups in total. The Kier molecular flexibility index (Phi) is 4.98. The zero-order chi connectivity index (χ0) is 17.6. The Morgan fingerprint density at radius 1 is 1.43 bits per heavy atom. The third kappa shape index (κ3) is 3.33. The lowest BCUT2D eigenvalue weighted by Crippen LogP contribution is -2.29. The van der Waals surface area contributed by atoms with E-state index in [4.69, 9.17) is 9.88 Å². The van der Waals surface area contributed by atoms with Gasteiger partial charge in [-0.15, -0.1) is 0 Å². The zero-order valence-electron chi connectivity index (χ0n) is 12.8. The summed E-state index contributed by atoms with van der Waals surface area (Å²) in [6, 6.07) is 0. The SMILES string of the molecule is COC(=O)C1SC2=C(C=C(S(N)(=O)=O)S2(=O)=O)C1CCN(C)C. The van der Waals surface area contributed by atoms with Crippen molar-refractivity contribution < 1.29 is 26.4 Å². The third-order valence-corrected chi connectivity index (χ3v) is 9.20. The predicted molar refractivity (Wildman–Crippen MR) is 87.2 cm³/mol. The second-order valence-electron chi connectivity index (χ2n) is 5.51. The normalized spacial score (nSPS) is 26.4. The summed E-state index contributed by atoms with van der Waals surface area (Å²) in [5.41, 5.74) is 0.330. The maximum Gasteiger partial charge on any atom is 0.319 e. The molecule has 2 aliphatic rings. The summed E-state index contributed by atoms with van der Waals surface area (Å²) in [7, 11) is -3.63. The fraction of sp³-hybridized carbons (Fsp3) is 0.583. The Labute approximate surface area is 139 Å². The van der Waals surface area contributed by atoms with E-state index in [0.29, 0.717) is 18.5 Å². The molecule has 0 aromatic carbocycles. The number of hydrogen-bond donors (Lipinski definition) is 1. The largest absolute Gasteiger partial charge is 0.468 e. The van der Waals surface area contributed by atoms with Crippen molar-refractivity contribution in [1.82, 2.24) is 4.90 Å². The molecule has 0 radical (unpaired) electrons. The molecule has 11 heteroatoms. The molecule has 2 atom stereocenters. The predicted octanol–water partition coefficient (Wildman–Crippen LogP) is -0.387. The van der Waals surface area contributed by atoms with E-state index in [1.54, 1.807) is 0 Å². The molecule has 2 rings (SSSR count). The van der Waals surface area contributed by atoms with E-state index in [9.17, 15) is 21.6 Å². The van der Waals surface area contributed by atoms with Crippen LogP contribution in [0.25, 0.3) is 0 Å². The standard InChI is InChI=1S/C12H18N2O6S3/c1-14(2)5-4-7-8-6-9(23(13,18)19)22(16,17)12(8)21-10(7)11(15)20-3/h6-7,10H,4-5H2,1-3H3,(H2,13,18,19). The summed E-state index contributed by atoms with van der Waals surface area (Å²) in [6.45, 7) is 0.605. The van der Waals surface area contributed by atoms with Crippen molar-refractivity contribution in [3.05, 3.63) is 20.1 Å². The molecule has 0 aromatic rings.